The van der Waals surface area contributed by atoms with Gasteiger partial charge in [-0.05, 0) is 16.4 Å². The summed E-state index contributed by atoms with van der Waals surface area (Å²) < 4.78 is 4.46. The van der Waals surface area contributed by atoms with Gasteiger partial charge < -0.3 is 5.32 Å². The van der Waals surface area contributed by atoms with Gasteiger partial charge in [-0.25, -0.2) is 4.63 Å². The number of aromatic nitrogens is 2. The number of hydrogen-bond donors (Lipinski definition) is 1. The van der Waals surface area contributed by atoms with Crippen LogP contribution in [0, 0.1) is 10.1 Å². The summed E-state index contributed by atoms with van der Waals surface area (Å²) >= 11 is 0. The number of benzene rings is 1. The highest BCUT2D eigenvalue weighted by atomic mass is 16.6. The van der Waals surface area contributed by atoms with E-state index in [9.17, 15) is 14.9 Å². The molecule has 0 aliphatic carbocycles. The van der Waals surface area contributed by atoms with E-state index in [1.165, 1.54) is 12.1 Å². The van der Waals surface area contributed by atoms with Gasteiger partial charge in [0.2, 0.25) is 11.4 Å². The summed E-state index contributed by atoms with van der Waals surface area (Å²) in [5.74, 6) is -0.219. The van der Waals surface area contributed by atoms with Crippen molar-refractivity contribution in [2.45, 2.75) is 13.3 Å². The molecule has 8 heteroatoms. The Hall–Kier alpha value is -2.51. The minimum Gasteiger partial charge on any atom is -0.324 e. The zero-order chi connectivity index (χ0) is 12.4. The number of rotatable bonds is 3. The first-order chi connectivity index (χ1) is 8.13. The first-order valence-corrected chi connectivity index (χ1v) is 4.83. The molecule has 1 aromatic carbocycles. The van der Waals surface area contributed by atoms with Crippen LogP contribution >= 0.6 is 0 Å². The topological polar surface area (TPSA) is 111 Å². The average molecular weight is 236 g/mol. The summed E-state index contributed by atoms with van der Waals surface area (Å²) in [4.78, 5) is 21.4. The number of carbonyl (C=O) groups is 1. The number of fused-ring (bicyclic) bond motifs is 1. The van der Waals surface area contributed by atoms with Crippen molar-refractivity contribution in [2.75, 3.05) is 5.32 Å². The highest BCUT2D eigenvalue weighted by Crippen LogP contribution is 2.28. The maximum atomic E-state index is 11.2. The maximum absolute atomic E-state index is 11.2. The van der Waals surface area contributed by atoms with Crippen LogP contribution in [0.3, 0.4) is 0 Å². The van der Waals surface area contributed by atoms with Crippen LogP contribution in [0.15, 0.2) is 16.8 Å². The van der Waals surface area contributed by atoms with E-state index in [0.29, 0.717) is 12.1 Å². The Labute approximate surface area is 94.7 Å². The third-order valence-electron chi connectivity index (χ3n) is 2.19. The quantitative estimate of drug-likeness (QED) is 0.638. The van der Waals surface area contributed by atoms with Crippen molar-refractivity contribution in [1.82, 2.24) is 10.3 Å². The first kappa shape index (κ1) is 11.0. The monoisotopic (exact) mass is 236 g/mol. The molecule has 1 amide bonds. The number of anilines is 1. The van der Waals surface area contributed by atoms with Gasteiger partial charge >= 0.3 is 5.69 Å². The zero-order valence-electron chi connectivity index (χ0n) is 8.84. The van der Waals surface area contributed by atoms with E-state index < -0.39 is 4.92 Å². The smallest absolute Gasteiger partial charge is 0.300 e. The van der Waals surface area contributed by atoms with Crippen LogP contribution < -0.4 is 5.32 Å². The lowest BCUT2D eigenvalue weighted by atomic mass is 10.2. The van der Waals surface area contributed by atoms with Gasteiger partial charge in [-0.3, -0.25) is 14.9 Å². The van der Waals surface area contributed by atoms with Crippen molar-refractivity contribution >= 4 is 28.3 Å². The molecule has 0 unspecified atom stereocenters. The molecule has 0 spiro atoms. The lowest BCUT2D eigenvalue weighted by molar-refractivity contribution is -0.383. The maximum Gasteiger partial charge on any atom is 0.300 e. The largest absolute Gasteiger partial charge is 0.324 e. The van der Waals surface area contributed by atoms with Gasteiger partial charge in [-0.15, -0.1) is 0 Å². The number of carbonyl (C=O) groups excluding carboxylic acids is 1. The molecule has 17 heavy (non-hydrogen) atoms. The van der Waals surface area contributed by atoms with Crippen LogP contribution in [0.5, 0.6) is 0 Å². The summed E-state index contributed by atoms with van der Waals surface area (Å²) in [6.45, 7) is 1.69. The third kappa shape index (κ3) is 1.92. The predicted molar refractivity (Wildman–Crippen MR) is 57.4 cm³/mol. The lowest BCUT2D eigenvalue weighted by Crippen LogP contribution is -2.09. The van der Waals surface area contributed by atoms with Crippen LogP contribution in [0.25, 0.3) is 11.0 Å². The molecule has 1 N–H and O–H groups in total. The summed E-state index contributed by atoms with van der Waals surface area (Å²) in [5.41, 5.74) is 0.319. The van der Waals surface area contributed by atoms with Crippen molar-refractivity contribution in [2.24, 2.45) is 0 Å². The first-order valence-electron chi connectivity index (χ1n) is 4.83. The lowest BCUT2D eigenvalue weighted by Gasteiger charge is -2.02. The van der Waals surface area contributed by atoms with Gasteiger partial charge in [-0.1, -0.05) is 6.92 Å². The number of nitrogens with zero attached hydrogens (tertiary/aromatic N) is 3. The summed E-state index contributed by atoms with van der Waals surface area (Å²) in [7, 11) is 0. The predicted octanol–water partition coefficient (Wildman–Crippen LogP) is 1.48. The van der Waals surface area contributed by atoms with Crippen LogP contribution in [-0.2, 0) is 4.79 Å². The molecule has 0 bridgehead atoms. The molecule has 88 valence electrons. The van der Waals surface area contributed by atoms with Gasteiger partial charge in [0.25, 0.3) is 0 Å². The number of non-ortho nitro benzene ring substituents is 1. The highest BCUT2D eigenvalue weighted by molar-refractivity contribution is 6.01. The molecule has 0 saturated heterocycles. The highest BCUT2D eigenvalue weighted by Gasteiger charge is 2.19. The van der Waals surface area contributed by atoms with E-state index in [4.69, 9.17) is 0 Å². The fourth-order valence-electron chi connectivity index (χ4n) is 1.34. The molecule has 1 aromatic heterocycles. The number of hydrogen-bond acceptors (Lipinski definition) is 6. The van der Waals surface area contributed by atoms with Crippen molar-refractivity contribution in [3.05, 3.63) is 22.2 Å². The van der Waals surface area contributed by atoms with Gasteiger partial charge in [0.1, 0.15) is 0 Å². The molecule has 0 aliphatic rings. The second-order valence-electron chi connectivity index (χ2n) is 3.25. The van der Waals surface area contributed by atoms with E-state index >= 15 is 0 Å². The van der Waals surface area contributed by atoms with Crippen molar-refractivity contribution in [3.8, 4) is 0 Å². The Morgan fingerprint density at radius 3 is 2.82 bits per heavy atom. The molecule has 2 rings (SSSR count). The van der Waals surface area contributed by atoms with Crippen molar-refractivity contribution < 1.29 is 14.3 Å². The normalized spacial score (nSPS) is 10.4. The summed E-state index contributed by atoms with van der Waals surface area (Å²) in [6, 6.07) is 2.65. The molecule has 0 saturated carbocycles. The molecule has 2 aromatic rings. The van der Waals surface area contributed by atoms with Gasteiger partial charge in [0.15, 0.2) is 5.52 Å². The van der Waals surface area contributed by atoms with Crippen LogP contribution in [-0.4, -0.2) is 21.1 Å². The van der Waals surface area contributed by atoms with Crippen molar-refractivity contribution in [3.63, 3.8) is 0 Å². The van der Waals surface area contributed by atoms with Crippen LogP contribution in [0.2, 0.25) is 0 Å². The molecular formula is C9H8N4O4. The van der Waals surface area contributed by atoms with E-state index in [2.05, 4.69) is 20.3 Å². The number of nitro groups is 1. The summed E-state index contributed by atoms with van der Waals surface area (Å²) in [5, 5.41) is 20.3. The van der Waals surface area contributed by atoms with Crippen molar-refractivity contribution in [1.29, 1.82) is 0 Å². The minimum atomic E-state index is -0.585. The standard InChI is InChI=1S/C9H8N4O4/c1-2-7(14)10-5-3-4-6(13(15)16)9-8(5)11-17-12-9/h3-4H,2H2,1H3,(H,10,14). The number of amides is 1. The fourth-order valence-corrected chi connectivity index (χ4v) is 1.34. The Morgan fingerprint density at radius 2 is 2.18 bits per heavy atom. The minimum absolute atomic E-state index is 0.0175. The van der Waals surface area contributed by atoms with E-state index in [-0.39, 0.29) is 22.6 Å². The molecule has 0 atom stereocenters. The molecule has 0 fully saturated rings. The van der Waals surface area contributed by atoms with Gasteiger partial charge in [0.05, 0.1) is 10.6 Å². The Kier molecular flexibility index (Phi) is 2.69. The van der Waals surface area contributed by atoms with E-state index in [1.807, 2.05) is 0 Å². The average Bonchev–Trinajstić information content (AvgIpc) is 2.77. The molecule has 0 radical (unpaired) electrons. The SMILES string of the molecule is CCC(=O)Nc1ccc([N+](=O)[O-])c2nonc12. The Morgan fingerprint density at radius 1 is 1.47 bits per heavy atom. The fraction of sp³-hybridized carbons (Fsp3) is 0.222. The second-order valence-corrected chi connectivity index (χ2v) is 3.25. The number of nitro benzene ring substituents is 1. The molecular weight excluding hydrogens is 228 g/mol. The van der Waals surface area contributed by atoms with Crippen LogP contribution in [0.4, 0.5) is 11.4 Å². The zero-order valence-corrected chi connectivity index (χ0v) is 8.84. The molecule has 0 aliphatic heterocycles. The number of nitrogens with one attached hydrogen (secondary N) is 1. The second kappa shape index (κ2) is 4.16. The van der Waals surface area contributed by atoms with Gasteiger partial charge in [0, 0.05) is 12.5 Å². The Bertz CT molecular complexity index is 592. The summed E-state index contributed by atoms with van der Waals surface area (Å²) in [6.07, 6.45) is 0.295. The van der Waals surface area contributed by atoms with Crippen LogP contribution in [0.1, 0.15) is 13.3 Å². The molecule has 1 heterocycles. The Balaban J connectivity index is 2.53. The van der Waals surface area contributed by atoms with E-state index in [1.54, 1.807) is 6.92 Å². The molecule has 8 nitrogen and oxygen atoms in total. The third-order valence-corrected chi connectivity index (χ3v) is 2.19. The van der Waals surface area contributed by atoms with Gasteiger partial charge in [-0.2, -0.15) is 0 Å². The van der Waals surface area contributed by atoms with E-state index in [0.717, 1.165) is 0 Å².